The fourth-order valence-electron chi connectivity index (χ4n) is 3.66. The second-order valence-corrected chi connectivity index (χ2v) is 8.91. The Bertz CT molecular complexity index is 1150. The van der Waals surface area contributed by atoms with E-state index in [1.54, 1.807) is 11.0 Å². The van der Waals surface area contributed by atoms with E-state index < -0.39 is 22.9 Å². The highest BCUT2D eigenvalue weighted by Gasteiger charge is 2.31. The van der Waals surface area contributed by atoms with Crippen molar-refractivity contribution in [2.75, 3.05) is 33.4 Å². The number of rotatable bonds is 7. The predicted molar refractivity (Wildman–Crippen MR) is 119 cm³/mol. The zero-order chi connectivity index (χ0) is 23.8. The Labute approximate surface area is 190 Å². The van der Waals surface area contributed by atoms with Crippen LogP contribution in [0.4, 0.5) is 0 Å². The van der Waals surface area contributed by atoms with Gasteiger partial charge in [0.15, 0.2) is 5.56 Å². The highest BCUT2D eigenvalue weighted by molar-refractivity contribution is 5.97. The fourth-order valence-corrected chi connectivity index (χ4v) is 3.66. The number of hydrogen-bond donors (Lipinski definition) is 2. The molecule has 0 atom stereocenters. The average molecular weight is 460 g/mol. The Morgan fingerprint density at radius 3 is 2.67 bits per heavy atom. The van der Waals surface area contributed by atoms with Crippen LogP contribution in [0.2, 0.25) is 0 Å². The van der Waals surface area contributed by atoms with Crippen molar-refractivity contribution in [1.82, 2.24) is 24.4 Å². The molecule has 2 aromatic rings. The molecule has 178 valence electrons. The normalized spacial score (nSPS) is 17.1. The molecule has 1 saturated carbocycles. The molecule has 1 aliphatic carbocycles. The quantitative estimate of drug-likeness (QED) is 0.574. The zero-order valence-corrected chi connectivity index (χ0v) is 19.0. The minimum absolute atomic E-state index is 0.0122. The van der Waals surface area contributed by atoms with Gasteiger partial charge in [0.2, 0.25) is 11.8 Å². The number of carbonyl (C=O) groups is 2. The number of nitrogens with zero attached hydrogens (tertiary/aromatic N) is 4. The van der Waals surface area contributed by atoms with Crippen LogP contribution in [0.3, 0.4) is 0 Å². The molecule has 11 heteroatoms. The summed E-state index contributed by atoms with van der Waals surface area (Å²) in [5, 5.41) is 18.0. The van der Waals surface area contributed by atoms with Crippen molar-refractivity contribution in [3.63, 3.8) is 0 Å². The van der Waals surface area contributed by atoms with E-state index in [1.165, 1.54) is 23.9 Å². The van der Waals surface area contributed by atoms with Crippen LogP contribution in [0.1, 0.15) is 42.6 Å². The Morgan fingerprint density at radius 2 is 2.03 bits per heavy atom. The Balaban J connectivity index is 1.79. The van der Waals surface area contributed by atoms with Crippen LogP contribution in [0.25, 0.3) is 11.7 Å². The van der Waals surface area contributed by atoms with Crippen molar-refractivity contribution < 1.29 is 24.2 Å². The Kier molecular flexibility index (Phi) is 6.26. The van der Waals surface area contributed by atoms with Crippen LogP contribution < -0.4 is 10.9 Å². The second kappa shape index (κ2) is 8.99. The molecule has 0 bridgehead atoms. The molecule has 2 N–H and O–H groups in total. The molecular weight excluding hydrogens is 430 g/mol. The predicted octanol–water partition coefficient (Wildman–Crippen LogP) is 0.391. The van der Waals surface area contributed by atoms with Crippen molar-refractivity contribution in [3.8, 4) is 5.88 Å². The number of amides is 2. The molecule has 2 aliphatic rings. The van der Waals surface area contributed by atoms with Gasteiger partial charge in [-0.3, -0.25) is 19.0 Å². The lowest BCUT2D eigenvalue weighted by Gasteiger charge is -2.26. The molecule has 11 nitrogen and oxygen atoms in total. The number of methoxy groups -OCH3 is 1. The average Bonchev–Trinajstić information content (AvgIpc) is 3.51. The summed E-state index contributed by atoms with van der Waals surface area (Å²) in [7, 11) is 1.54. The molecule has 0 aromatic carbocycles. The maximum Gasteiger partial charge on any atom is 0.291 e. The third-order valence-electron chi connectivity index (χ3n) is 5.87. The van der Waals surface area contributed by atoms with Gasteiger partial charge in [-0.15, -0.1) is 0 Å². The molecule has 0 radical (unpaired) electrons. The number of carbonyl (C=O) groups excluding carboxylic acids is 2. The number of aromatic nitrogens is 3. The zero-order valence-electron chi connectivity index (χ0n) is 19.0. The summed E-state index contributed by atoms with van der Waals surface area (Å²) in [4.78, 5) is 40.0. The summed E-state index contributed by atoms with van der Waals surface area (Å²) in [5.74, 6) is -1.29. The van der Waals surface area contributed by atoms with Crippen LogP contribution in [-0.2, 0) is 20.8 Å². The van der Waals surface area contributed by atoms with E-state index in [0.717, 1.165) is 17.4 Å². The van der Waals surface area contributed by atoms with Gasteiger partial charge in [-0.2, -0.15) is 9.61 Å². The van der Waals surface area contributed by atoms with Crippen LogP contribution in [0.15, 0.2) is 17.1 Å². The fraction of sp³-hybridized carbons (Fsp3) is 0.545. The van der Waals surface area contributed by atoms with Gasteiger partial charge in [0.25, 0.3) is 11.5 Å². The van der Waals surface area contributed by atoms with E-state index in [1.807, 2.05) is 13.8 Å². The standard InChI is InChI=1S/C22H29N5O6/c1-22(2,32-3)13-26-19-14(4-7-16(28)25-8-10-33-11-9-25)12-23-27(19)21(31)17(20(26)30)18(29)24-15-5-6-15/h4,7,12,15,30H,5-6,8-11,13H2,1-3H3,(H,24,29). The molecule has 0 unspecified atom stereocenters. The smallest absolute Gasteiger partial charge is 0.291 e. The van der Waals surface area contributed by atoms with Gasteiger partial charge in [0.1, 0.15) is 5.65 Å². The molecule has 33 heavy (non-hydrogen) atoms. The molecular formula is C22H29N5O6. The van der Waals surface area contributed by atoms with Gasteiger partial charge in [-0.05, 0) is 32.8 Å². The first-order valence-electron chi connectivity index (χ1n) is 11.0. The lowest BCUT2D eigenvalue weighted by atomic mass is 10.1. The Hall–Kier alpha value is -3.18. The molecule has 2 fully saturated rings. The summed E-state index contributed by atoms with van der Waals surface area (Å²) in [6.45, 7) is 5.75. The topological polar surface area (TPSA) is 127 Å². The van der Waals surface area contributed by atoms with Crippen molar-refractivity contribution in [3.05, 3.63) is 33.8 Å². The number of aromatic hydroxyl groups is 1. The molecule has 4 rings (SSSR count). The first kappa shape index (κ1) is 23.0. The number of morpholine rings is 1. The minimum Gasteiger partial charge on any atom is -0.494 e. The van der Waals surface area contributed by atoms with Gasteiger partial charge in [-0.25, -0.2) is 0 Å². The summed E-state index contributed by atoms with van der Waals surface area (Å²) < 4.78 is 13.3. The van der Waals surface area contributed by atoms with Crippen molar-refractivity contribution >= 4 is 23.5 Å². The van der Waals surface area contributed by atoms with Gasteiger partial charge < -0.3 is 24.8 Å². The summed E-state index contributed by atoms with van der Waals surface area (Å²) in [6.07, 6.45) is 6.07. The van der Waals surface area contributed by atoms with E-state index >= 15 is 0 Å². The maximum absolute atomic E-state index is 13.1. The van der Waals surface area contributed by atoms with E-state index in [9.17, 15) is 19.5 Å². The minimum atomic E-state index is -0.730. The van der Waals surface area contributed by atoms with E-state index in [4.69, 9.17) is 9.47 Å². The van der Waals surface area contributed by atoms with Crippen molar-refractivity contribution in [1.29, 1.82) is 0 Å². The number of ether oxygens (including phenoxy) is 2. The van der Waals surface area contributed by atoms with Crippen LogP contribution in [-0.4, -0.2) is 81.1 Å². The first-order valence-corrected chi connectivity index (χ1v) is 11.0. The van der Waals surface area contributed by atoms with Gasteiger partial charge in [0.05, 0.1) is 31.6 Å². The highest BCUT2D eigenvalue weighted by Crippen LogP contribution is 2.26. The number of nitrogens with one attached hydrogen (secondary N) is 1. The highest BCUT2D eigenvalue weighted by atomic mass is 16.5. The summed E-state index contributed by atoms with van der Waals surface area (Å²) in [6, 6.07) is 0.0122. The molecule has 2 aromatic heterocycles. The second-order valence-electron chi connectivity index (χ2n) is 8.91. The molecule has 2 amide bonds. The third kappa shape index (κ3) is 4.79. The van der Waals surface area contributed by atoms with E-state index in [-0.39, 0.29) is 29.7 Å². The lowest BCUT2D eigenvalue weighted by Crippen LogP contribution is -2.39. The molecule has 0 spiro atoms. The maximum atomic E-state index is 13.1. The number of fused-ring (bicyclic) bond motifs is 1. The Morgan fingerprint density at radius 1 is 1.33 bits per heavy atom. The summed E-state index contributed by atoms with van der Waals surface area (Å²) >= 11 is 0. The van der Waals surface area contributed by atoms with Crippen molar-refractivity contribution in [2.45, 2.75) is 44.9 Å². The SMILES string of the molecule is COC(C)(C)Cn1c(O)c(C(=O)NC2CC2)c(=O)n2ncc(C=CC(=O)N3CCOCC3)c12. The van der Waals surface area contributed by atoms with E-state index in [2.05, 4.69) is 10.4 Å². The van der Waals surface area contributed by atoms with Crippen LogP contribution in [0.5, 0.6) is 5.88 Å². The van der Waals surface area contributed by atoms with Gasteiger partial charge in [-0.1, -0.05) is 0 Å². The largest absolute Gasteiger partial charge is 0.494 e. The van der Waals surface area contributed by atoms with Crippen LogP contribution in [0, 0.1) is 0 Å². The summed E-state index contributed by atoms with van der Waals surface area (Å²) in [5.41, 5.74) is -1.12. The first-order chi connectivity index (χ1) is 15.7. The molecule has 3 heterocycles. The van der Waals surface area contributed by atoms with Gasteiger partial charge >= 0.3 is 0 Å². The number of hydrogen-bond acceptors (Lipinski definition) is 7. The van der Waals surface area contributed by atoms with Crippen LogP contribution >= 0.6 is 0 Å². The monoisotopic (exact) mass is 459 g/mol. The van der Waals surface area contributed by atoms with E-state index in [0.29, 0.717) is 31.9 Å². The molecule has 1 saturated heterocycles. The van der Waals surface area contributed by atoms with Gasteiger partial charge in [0, 0.05) is 37.9 Å². The van der Waals surface area contributed by atoms with Crippen molar-refractivity contribution in [2.24, 2.45) is 0 Å². The third-order valence-corrected chi connectivity index (χ3v) is 5.87. The lowest BCUT2D eigenvalue weighted by molar-refractivity contribution is -0.129. The molecule has 1 aliphatic heterocycles.